The van der Waals surface area contributed by atoms with Crippen LogP contribution < -0.4 is 5.32 Å². The summed E-state index contributed by atoms with van der Waals surface area (Å²) in [7, 11) is 1.64. The Morgan fingerprint density at radius 3 is 1.78 bits per heavy atom. The molecule has 0 rings (SSSR count). The summed E-state index contributed by atoms with van der Waals surface area (Å²) in [6.45, 7) is 7.72. The highest BCUT2D eigenvalue weighted by Gasteiger charge is 2.00. The van der Waals surface area contributed by atoms with E-state index < -0.39 is 0 Å². The lowest BCUT2D eigenvalue weighted by Gasteiger charge is -1.98. The summed E-state index contributed by atoms with van der Waals surface area (Å²) < 4.78 is 0. The zero-order chi connectivity index (χ0) is 7.86. The molecule has 0 heterocycles. The SMILES string of the molecule is CC.CNC(=O)C(C)C.[HH]. The van der Waals surface area contributed by atoms with Crippen LogP contribution in [0.5, 0.6) is 0 Å². The zero-order valence-electron chi connectivity index (χ0n) is 6.99. The monoisotopic (exact) mass is 133 g/mol. The van der Waals surface area contributed by atoms with Crippen LogP contribution in [0.15, 0.2) is 0 Å². The van der Waals surface area contributed by atoms with Gasteiger partial charge < -0.3 is 5.32 Å². The average Bonchev–Trinajstić information content (AvgIpc) is 1.91. The van der Waals surface area contributed by atoms with E-state index in [1.807, 2.05) is 27.7 Å². The third-order valence-electron chi connectivity index (χ3n) is 0.771. The van der Waals surface area contributed by atoms with Gasteiger partial charge in [0.15, 0.2) is 0 Å². The molecule has 0 aromatic heterocycles. The lowest BCUT2D eigenvalue weighted by molar-refractivity contribution is -0.123. The van der Waals surface area contributed by atoms with E-state index in [-0.39, 0.29) is 13.3 Å². The van der Waals surface area contributed by atoms with E-state index in [1.54, 1.807) is 7.05 Å². The third kappa shape index (κ3) is 7.47. The zero-order valence-corrected chi connectivity index (χ0v) is 6.99. The fraction of sp³-hybridized carbons (Fsp3) is 0.857. The van der Waals surface area contributed by atoms with Crippen molar-refractivity contribution in [1.29, 1.82) is 0 Å². The maximum atomic E-state index is 10.4. The molecule has 0 saturated heterocycles. The van der Waals surface area contributed by atoms with Crippen molar-refractivity contribution in [3.63, 3.8) is 0 Å². The maximum Gasteiger partial charge on any atom is 0.222 e. The molecule has 0 bridgehead atoms. The van der Waals surface area contributed by atoms with Gasteiger partial charge in [0.2, 0.25) is 5.91 Å². The molecule has 2 heteroatoms. The van der Waals surface area contributed by atoms with E-state index in [2.05, 4.69) is 5.32 Å². The summed E-state index contributed by atoms with van der Waals surface area (Å²) in [5.74, 6) is 0.213. The average molecular weight is 133 g/mol. The predicted molar refractivity (Wildman–Crippen MR) is 42.4 cm³/mol. The minimum absolute atomic E-state index is 0. The molecule has 1 amide bonds. The molecule has 0 aliphatic carbocycles. The fourth-order valence-corrected chi connectivity index (χ4v) is 0.289. The molecule has 1 N–H and O–H groups in total. The first-order valence-electron chi connectivity index (χ1n) is 3.40. The number of hydrogen-bond acceptors (Lipinski definition) is 1. The van der Waals surface area contributed by atoms with Crippen LogP contribution >= 0.6 is 0 Å². The van der Waals surface area contributed by atoms with Gasteiger partial charge in [-0.2, -0.15) is 0 Å². The molecule has 0 aliphatic rings. The van der Waals surface area contributed by atoms with E-state index in [9.17, 15) is 4.79 Å². The third-order valence-corrected chi connectivity index (χ3v) is 0.771. The van der Waals surface area contributed by atoms with Crippen molar-refractivity contribution in [2.24, 2.45) is 5.92 Å². The van der Waals surface area contributed by atoms with E-state index in [0.717, 1.165) is 0 Å². The second-order valence-electron chi connectivity index (χ2n) is 1.77. The van der Waals surface area contributed by atoms with Crippen LogP contribution in [0.4, 0.5) is 0 Å². The van der Waals surface area contributed by atoms with Gasteiger partial charge in [0.25, 0.3) is 0 Å². The van der Waals surface area contributed by atoms with Gasteiger partial charge in [-0.3, -0.25) is 4.79 Å². The van der Waals surface area contributed by atoms with Gasteiger partial charge in [0.1, 0.15) is 0 Å². The molecule has 0 atom stereocenters. The molecule has 58 valence electrons. The second kappa shape index (κ2) is 7.47. The first-order chi connectivity index (χ1) is 4.18. The van der Waals surface area contributed by atoms with E-state index >= 15 is 0 Å². The Bertz CT molecular complexity index is 74.0. The van der Waals surface area contributed by atoms with Crippen molar-refractivity contribution in [3.05, 3.63) is 0 Å². The smallest absolute Gasteiger partial charge is 0.222 e. The van der Waals surface area contributed by atoms with Gasteiger partial charge in [-0.15, -0.1) is 0 Å². The summed E-state index contributed by atoms with van der Waals surface area (Å²) in [6.07, 6.45) is 0. The lowest BCUT2D eigenvalue weighted by atomic mass is 10.2. The normalized spacial score (nSPS) is 7.78. The Balaban J connectivity index is -0.000000149. The van der Waals surface area contributed by atoms with E-state index in [1.165, 1.54) is 0 Å². The molecule has 0 radical (unpaired) electrons. The first-order valence-corrected chi connectivity index (χ1v) is 3.40. The highest BCUT2D eigenvalue weighted by Crippen LogP contribution is 1.87. The number of carbonyl (C=O) groups is 1. The Labute approximate surface area is 59.1 Å². The van der Waals surface area contributed by atoms with Gasteiger partial charge >= 0.3 is 0 Å². The minimum atomic E-state index is 0. The van der Waals surface area contributed by atoms with Crippen molar-refractivity contribution < 1.29 is 6.22 Å². The van der Waals surface area contributed by atoms with Gasteiger partial charge in [0, 0.05) is 14.4 Å². The fourth-order valence-electron chi connectivity index (χ4n) is 0.289. The molecule has 0 unspecified atom stereocenters. The lowest BCUT2D eigenvalue weighted by Crippen LogP contribution is -2.22. The standard InChI is InChI=1S/C5H11NO.C2H6.H2/c1-4(2)5(7)6-3;1-2;/h4H,1-3H3,(H,6,7);1-2H3;1H. The molecule has 2 nitrogen and oxygen atoms in total. The van der Waals surface area contributed by atoms with Crippen molar-refractivity contribution in [1.82, 2.24) is 5.32 Å². The molecule has 9 heavy (non-hydrogen) atoms. The van der Waals surface area contributed by atoms with Crippen LogP contribution in [0.25, 0.3) is 0 Å². The summed E-state index contributed by atoms with van der Waals surface area (Å²) in [4.78, 5) is 10.4. The van der Waals surface area contributed by atoms with Crippen LogP contribution in [0, 0.1) is 5.92 Å². The van der Waals surface area contributed by atoms with Crippen molar-refractivity contribution in [2.75, 3.05) is 7.05 Å². The van der Waals surface area contributed by atoms with Gasteiger partial charge in [-0.05, 0) is 0 Å². The summed E-state index contributed by atoms with van der Waals surface area (Å²) >= 11 is 0. The molecule has 0 aromatic rings. The van der Waals surface area contributed by atoms with Crippen LogP contribution in [0.1, 0.15) is 29.1 Å². The predicted octanol–water partition coefficient (Wildman–Crippen LogP) is 1.66. The summed E-state index contributed by atoms with van der Waals surface area (Å²) in [5, 5.41) is 2.53. The van der Waals surface area contributed by atoms with Crippen molar-refractivity contribution >= 4 is 5.91 Å². The maximum absolute atomic E-state index is 10.4. The molecule has 0 spiro atoms. The highest BCUT2D eigenvalue weighted by atomic mass is 16.1. The van der Waals surface area contributed by atoms with Crippen LogP contribution in [-0.4, -0.2) is 13.0 Å². The molecule has 0 fully saturated rings. The number of hydrogen-bond donors (Lipinski definition) is 1. The number of rotatable bonds is 1. The van der Waals surface area contributed by atoms with E-state index in [4.69, 9.17) is 0 Å². The van der Waals surface area contributed by atoms with Gasteiger partial charge in [0.05, 0.1) is 0 Å². The molecule has 0 saturated carbocycles. The van der Waals surface area contributed by atoms with Crippen LogP contribution in [0.2, 0.25) is 0 Å². The Hall–Kier alpha value is -0.530. The van der Waals surface area contributed by atoms with Gasteiger partial charge in [-0.25, -0.2) is 0 Å². The number of nitrogens with one attached hydrogen (secondary N) is 1. The Morgan fingerprint density at radius 1 is 1.44 bits per heavy atom. The minimum Gasteiger partial charge on any atom is -0.359 e. The number of amides is 1. The number of carbonyl (C=O) groups excluding carboxylic acids is 1. The van der Waals surface area contributed by atoms with E-state index in [0.29, 0.717) is 0 Å². The van der Waals surface area contributed by atoms with Crippen LogP contribution in [0.3, 0.4) is 0 Å². The second-order valence-corrected chi connectivity index (χ2v) is 1.77. The first kappa shape index (κ1) is 11.3. The Morgan fingerprint density at radius 2 is 1.78 bits per heavy atom. The summed E-state index contributed by atoms with van der Waals surface area (Å²) in [5.41, 5.74) is 0. The topological polar surface area (TPSA) is 29.1 Å². The quantitative estimate of drug-likeness (QED) is 0.579. The van der Waals surface area contributed by atoms with Crippen molar-refractivity contribution in [2.45, 2.75) is 27.7 Å². The molecular formula is C7H19NO. The van der Waals surface area contributed by atoms with Crippen molar-refractivity contribution in [3.8, 4) is 0 Å². The largest absolute Gasteiger partial charge is 0.359 e. The Kier molecular flexibility index (Phi) is 9.37. The molecule has 0 aliphatic heterocycles. The molecular weight excluding hydrogens is 114 g/mol. The van der Waals surface area contributed by atoms with Gasteiger partial charge in [-0.1, -0.05) is 27.7 Å². The highest BCUT2D eigenvalue weighted by molar-refractivity contribution is 5.77. The summed E-state index contributed by atoms with van der Waals surface area (Å²) in [6, 6.07) is 0. The molecule has 0 aromatic carbocycles. The van der Waals surface area contributed by atoms with Crippen LogP contribution in [-0.2, 0) is 4.79 Å².